The van der Waals surface area contributed by atoms with Gasteiger partial charge in [0, 0.05) is 37.2 Å². The Balaban J connectivity index is 1.37. The van der Waals surface area contributed by atoms with E-state index in [1.54, 1.807) is 6.92 Å². The van der Waals surface area contributed by atoms with Crippen LogP contribution in [0.5, 0.6) is 0 Å². The van der Waals surface area contributed by atoms with Crippen molar-refractivity contribution in [3.63, 3.8) is 0 Å². The largest absolute Gasteiger partial charge is 0.466 e. The fourth-order valence-corrected chi connectivity index (χ4v) is 4.49. The molecule has 2 heterocycles. The standard InChI is InChI=1S/C24H35N3O4/c1-3-31-23(29)9-8-22(28)27-16-12-21(13-17-27)26-14-10-19(11-15-26)24(30)25-20-6-4-18(2)5-7-20/h4-7,19,21H,3,8-17H2,1-2H3,(H,25,30). The molecule has 170 valence electrons. The van der Waals surface area contributed by atoms with E-state index in [9.17, 15) is 14.4 Å². The van der Waals surface area contributed by atoms with Crippen molar-refractivity contribution in [3.8, 4) is 0 Å². The van der Waals surface area contributed by atoms with Crippen molar-refractivity contribution < 1.29 is 19.1 Å². The third-order valence-corrected chi connectivity index (χ3v) is 6.40. The number of piperidine rings is 2. The fourth-order valence-electron chi connectivity index (χ4n) is 4.49. The number of rotatable bonds is 7. The summed E-state index contributed by atoms with van der Waals surface area (Å²) in [7, 11) is 0. The first kappa shape index (κ1) is 23.3. The number of anilines is 1. The molecular weight excluding hydrogens is 394 g/mol. The average Bonchev–Trinajstić information content (AvgIpc) is 2.79. The molecule has 2 aliphatic heterocycles. The Bertz CT molecular complexity index is 749. The highest BCUT2D eigenvalue weighted by atomic mass is 16.5. The number of aryl methyl sites for hydroxylation is 1. The van der Waals surface area contributed by atoms with Crippen LogP contribution < -0.4 is 5.32 Å². The minimum atomic E-state index is -0.306. The average molecular weight is 430 g/mol. The fraction of sp³-hybridized carbons (Fsp3) is 0.625. The second-order valence-corrected chi connectivity index (χ2v) is 8.58. The molecule has 0 aromatic heterocycles. The predicted octanol–water partition coefficient (Wildman–Crippen LogP) is 2.98. The molecule has 7 heteroatoms. The number of carbonyl (C=O) groups excluding carboxylic acids is 3. The van der Waals surface area contributed by atoms with E-state index in [1.165, 1.54) is 5.56 Å². The highest BCUT2D eigenvalue weighted by Gasteiger charge is 2.31. The number of hydrogen-bond donors (Lipinski definition) is 1. The maximum Gasteiger partial charge on any atom is 0.306 e. The summed E-state index contributed by atoms with van der Waals surface area (Å²) in [6, 6.07) is 8.38. The minimum Gasteiger partial charge on any atom is -0.466 e. The first-order chi connectivity index (χ1) is 15.0. The smallest absolute Gasteiger partial charge is 0.306 e. The van der Waals surface area contributed by atoms with Crippen LogP contribution in [0.3, 0.4) is 0 Å². The van der Waals surface area contributed by atoms with E-state index in [4.69, 9.17) is 4.74 Å². The molecule has 1 aromatic rings. The molecule has 31 heavy (non-hydrogen) atoms. The van der Waals surface area contributed by atoms with Gasteiger partial charge in [-0.3, -0.25) is 14.4 Å². The van der Waals surface area contributed by atoms with Crippen molar-refractivity contribution in [1.82, 2.24) is 9.80 Å². The minimum absolute atomic E-state index is 0.0398. The molecule has 7 nitrogen and oxygen atoms in total. The normalized spacial score (nSPS) is 18.6. The molecule has 2 fully saturated rings. The lowest BCUT2D eigenvalue weighted by atomic mass is 9.92. The Labute approximate surface area is 185 Å². The molecule has 0 bridgehead atoms. The number of carbonyl (C=O) groups is 3. The zero-order valence-electron chi connectivity index (χ0n) is 18.8. The van der Waals surface area contributed by atoms with Crippen LogP contribution in [-0.4, -0.2) is 66.4 Å². The van der Waals surface area contributed by atoms with E-state index >= 15 is 0 Å². The van der Waals surface area contributed by atoms with Gasteiger partial charge in [-0.15, -0.1) is 0 Å². The quantitative estimate of drug-likeness (QED) is 0.674. The Morgan fingerprint density at radius 2 is 1.61 bits per heavy atom. The van der Waals surface area contributed by atoms with Crippen LogP contribution in [0.2, 0.25) is 0 Å². The maximum atomic E-state index is 12.6. The van der Waals surface area contributed by atoms with E-state index in [0.717, 1.165) is 57.5 Å². The first-order valence-electron chi connectivity index (χ1n) is 11.5. The molecule has 2 amide bonds. The van der Waals surface area contributed by atoms with Gasteiger partial charge in [0.1, 0.15) is 0 Å². The van der Waals surface area contributed by atoms with Gasteiger partial charge in [-0.05, 0) is 64.8 Å². The first-order valence-corrected chi connectivity index (χ1v) is 11.5. The molecule has 0 atom stereocenters. The number of esters is 1. The molecule has 0 saturated carbocycles. The molecule has 2 aliphatic rings. The lowest BCUT2D eigenvalue weighted by molar-refractivity contribution is -0.146. The number of likely N-dealkylation sites (tertiary alicyclic amines) is 2. The van der Waals surface area contributed by atoms with Gasteiger partial charge in [0.15, 0.2) is 0 Å². The SMILES string of the molecule is CCOC(=O)CCC(=O)N1CCC(N2CCC(C(=O)Nc3ccc(C)cc3)CC2)CC1. The molecule has 2 saturated heterocycles. The van der Waals surface area contributed by atoms with E-state index in [1.807, 2.05) is 36.1 Å². The lowest BCUT2D eigenvalue weighted by Gasteiger charge is -2.41. The summed E-state index contributed by atoms with van der Waals surface area (Å²) >= 11 is 0. The van der Waals surface area contributed by atoms with Crippen LogP contribution in [0.25, 0.3) is 0 Å². The number of amides is 2. The van der Waals surface area contributed by atoms with Crippen LogP contribution in [-0.2, 0) is 19.1 Å². The molecule has 0 aliphatic carbocycles. The maximum absolute atomic E-state index is 12.6. The van der Waals surface area contributed by atoms with Crippen molar-refractivity contribution in [1.29, 1.82) is 0 Å². The zero-order chi connectivity index (χ0) is 22.2. The van der Waals surface area contributed by atoms with Crippen molar-refractivity contribution in [2.24, 2.45) is 5.92 Å². The number of benzene rings is 1. The van der Waals surface area contributed by atoms with Gasteiger partial charge in [0.25, 0.3) is 0 Å². The van der Waals surface area contributed by atoms with Gasteiger partial charge >= 0.3 is 5.97 Å². The Kier molecular flexibility index (Phi) is 8.46. The predicted molar refractivity (Wildman–Crippen MR) is 120 cm³/mol. The highest BCUT2D eigenvalue weighted by Crippen LogP contribution is 2.25. The van der Waals surface area contributed by atoms with Crippen molar-refractivity contribution in [2.75, 3.05) is 38.1 Å². The van der Waals surface area contributed by atoms with E-state index in [2.05, 4.69) is 10.2 Å². The number of ether oxygens (including phenoxy) is 1. The van der Waals surface area contributed by atoms with Gasteiger partial charge in [-0.1, -0.05) is 17.7 Å². The van der Waals surface area contributed by atoms with Gasteiger partial charge < -0.3 is 19.9 Å². The van der Waals surface area contributed by atoms with E-state index < -0.39 is 0 Å². The summed E-state index contributed by atoms with van der Waals surface area (Å²) in [4.78, 5) is 40.7. The molecule has 3 rings (SSSR count). The Hall–Kier alpha value is -2.41. The monoisotopic (exact) mass is 429 g/mol. The van der Waals surface area contributed by atoms with Gasteiger partial charge in [0.05, 0.1) is 13.0 Å². The number of nitrogens with one attached hydrogen (secondary N) is 1. The number of nitrogens with zero attached hydrogens (tertiary/aromatic N) is 2. The number of hydrogen-bond acceptors (Lipinski definition) is 5. The van der Waals surface area contributed by atoms with Crippen molar-refractivity contribution in [3.05, 3.63) is 29.8 Å². The van der Waals surface area contributed by atoms with Crippen molar-refractivity contribution >= 4 is 23.5 Å². The van der Waals surface area contributed by atoms with Gasteiger partial charge in [-0.2, -0.15) is 0 Å². The highest BCUT2D eigenvalue weighted by molar-refractivity contribution is 5.92. The van der Waals surface area contributed by atoms with Crippen LogP contribution in [0.4, 0.5) is 5.69 Å². The van der Waals surface area contributed by atoms with Crippen LogP contribution in [0.1, 0.15) is 51.0 Å². The summed E-state index contributed by atoms with van der Waals surface area (Å²) in [5.41, 5.74) is 2.04. The Morgan fingerprint density at radius 1 is 0.968 bits per heavy atom. The topological polar surface area (TPSA) is 79.0 Å². The second kappa shape index (κ2) is 11.3. The van der Waals surface area contributed by atoms with Crippen LogP contribution in [0, 0.1) is 12.8 Å². The van der Waals surface area contributed by atoms with E-state index in [-0.39, 0.29) is 36.5 Å². The Morgan fingerprint density at radius 3 is 2.23 bits per heavy atom. The summed E-state index contributed by atoms with van der Waals surface area (Å²) in [5.74, 6) is -0.0920. The zero-order valence-corrected chi connectivity index (χ0v) is 18.8. The summed E-state index contributed by atoms with van der Waals surface area (Å²) < 4.78 is 4.89. The molecule has 0 unspecified atom stereocenters. The third-order valence-electron chi connectivity index (χ3n) is 6.40. The lowest BCUT2D eigenvalue weighted by Crippen LogP contribution is -2.49. The van der Waals surface area contributed by atoms with Crippen molar-refractivity contribution in [2.45, 2.75) is 58.4 Å². The molecule has 1 aromatic carbocycles. The third kappa shape index (κ3) is 6.79. The van der Waals surface area contributed by atoms with Gasteiger partial charge in [-0.25, -0.2) is 0 Å². The van der Waals surface area contributed by atoms with E-state index in [0.29, 0.717) is 12.6 Å². The van der Waals surface area contributed by atoms with Crippen LogP contribution >= 0.6 is 0 Å². The molecule has 0 spiro atoms. The summed E-state index contributed by atoms with van der Waals surface area (Å²) in [6.45, 7) is 7.47. The molecule has 1 N–H and O–H groups in total. The van der Waals surface area contributed by atoms with Crippen LogP contribution in [0.15, 0.2) is 24.3 Å². The summed E-state index contributed by atoms with van der Waals surface area (Å²) in [5, 5.41) is 3.04. The molecular formula is C24H35N3O4. The molecule has 0 radical (unpaired) electrons. The summed E-state index contributed by atoms with van der Waals surface area (Å²) in [6.07, 6.45) is 4.03. The second-order valence-electron chi connectivity index (χ2n) is 8.58. The van der Waals surface area contributed by atoms with Gasteiger partial charge in [0.2, 0.25) is 11.8 Å².